The first-order valence-electron chi connectivity index (χ1n) is 10.0. The minimum Gasteiger partial charge on any atom is -0.487 e. The van der Waals surface area contributed by atoms with E-state index in [1.54, 1.807) is 0 Å². The van der Waals surface area contributed by atoms with Gasteiger partial charge in [0.2, 0.25) is 0 Å². The molecule has 14 heteroatoms. The summed E-state index contributed by atoms with van der Waals surface area (Å²) in [4.78, 5) is -0.690. The summed E-state index contributed by atoms with van der Waals surface area (Å²) in [6.07, 6.45) is 0. The minimum absolute atomic E-state index is 0.0361. The molecule has 0 atom stereocenters. The summed E-state index contributed by atoms with van der Waals surface area (Å²) in [5.74, 6) is 0.734. The maximum Gasteiger partial charge on any atom is 0.294 e. The van der Waals surface area contributed by atoms with Crippen LogP contribution in [-0.4, -0.2) is 78.8 Å². The smallest absolute Gasteiger partial charge is 0.294 e. The maximum atomic E-state index is 11.4. The molecule has 34 heavy (non-hydrogen) atoms. The van der Waals surface area contributed by atoms with E-state index in [4.69, 9.17) is 28.4 Å². The molecule has 12 nitrogen and oxygen atoms in total. The van der Waals surface area contributed by atoms with Gasteiger partial charge in [-0.1, -0.05) is 0 Å². The summed E-state index contributed by atoms with van der Waals surface area (Å²) < 4.78 is 97.4. The molecule has 0 fully saturated rings. The van der Waals surface area contributed by atoms with Crippen LogP contribution in [0.3, 0.4) is 0 Å². The van der Waals surface area contributed by atoms with Gasteiger partial charge in [-0.3, -0.25) is 9.11 Å². The van der Waals surface area contributed by atoms with Crippen LogP contribution >= 0.6 is 0 Å². The van der Waals surface area contributed by atoms with E-state index in [2.05, 4.69) is 0 Å². The fourth-order valence-electron chi connectivity index (χ4n) is 2.81. The van der Waals surface area contributed by atoms with Gasteiger partial charge in [-0.15, -0.1) is 0 Å². The van der Waals surface area contributed by atoms with Crippen molar-refractivity contribution < 1.29 is 54.4 Å². The zero-order chi connectivity index (χ0) is 24.6. The molecule has 1 heterocycles. The Morgan fingerprint density at radius 1 is 0.500 bits per heavy atom. The highest BCUT2D eigenvalue weighted by Crippen LogP contribution is 2.31. The summed E-state index contributed by atoms with van der Waals surface area (Å²) in [6.45, 7) is 0.884. The second-order valence-electron chi connectivity index (χ2n) is 6.79. The predicted octanol–water partition coefficient (Wildman–Crippen LogP) is 1.44. The largest absolute Gasteiger partial charge is 0.487 e. The summed E-state index contributed by atoms with van der Waals surface area (Å²) in [5, 5.41) is 0. The Balaban J connectivity index is 1.69. The third kappa shape index (κ3) is 7.72. The van der Waals surface area contributed by atoms with E-state index in [1.807, 2.05) is 0 Å². The molecule has 0 amide bonds. The molecule has 2 aromatic rings. The molecule has 0 saturated heterocycles. The van der Waals surface area contributed by atoms with Crippen molar-refractivity contribution in [2.75, 3.05) is 52.9 Å². The van der Waals surface area contributed by atoms with E-state index < -0.39 is 20.2 Å². The molecule has 0 saturated carbocycles. The van der Waals surface area contributed by atoms with Gasteiger partial charge < -0.3 is 28.4 Å². The number of benzene rings is 2. The van der Waals surface area contributed by atoms with Crippen LogP contribution in [0.1, 0.15) is 0 Å². The molecule has 188 valence electrons. The zero-order valence-corrected chi connectivity index (χ0v) is 19.5. The number of hydrogen-bond acceptors (Lipinski definition) is 10. The van der Waals surface area contributed by atoms with Crippen LogP contribution in [-0.2, 0) is 29.7 Å². The van der Waals surface area contributed by atoms with Crippen molar-refractivity contribution in [2.45, 2.75) is 9.79 Å². The average Bonchev–Trinajstić information content (AvgIpc) is 2.77. The van der Waals surface area contributed by atoms with Crippen molar-refractivity contribution in [3.05, 3.63) is 36.4 Å². The lowest BCUT2D eigenvalue weighted by molar-refractivity contribution is 0.0639. The minimum atomic E-state index is -4.43. The molecular formula is C20H24O12S2. The fraction of sp³-hybridized carbons (Fsp3) is 0.400. The van der Waals surface area contributed by atoms with Gasteiger partial charge in [-0.05, 0) is 24.3 Å². The zero-order valence-electron chi connectivity index (χ0n) is 17.9. The normalized spacial score (nSPS) is 16.8. The number of ether oxygens (including phenoxy) is 6. The molecule has 0 spiro atoms. The second kappa shape index (κ2) is 11.7. The second-order valence-corrected chi connectivity index (χ2v) is 9.63. The van der Waals surface area contributed by atoms with Crippen molar-refractivity contribution in [1.29, 1.82) is 0 Å². The molecule has 0 radical (unpaired) electrons. The monoisotopic (exact) mass is 520 g/mol. The summed E-state index contributed by atoms with van der Waals surface area (Å²) in [6, 6.07) is 7.40. The molecule has 2 aromatic carbocycles. The van der Waals surface area contributed by atoms with Gasteiger partial charge in [0.1, 0.15) is 26.4 Å². The quantitative estimate of drug-likeness (QED) is 0.548. The summed E-state index contributed by atoms with van der Waals surface area (Å²) in [7, 11) is -8.85. The van der Waals surface area contributed by atoms with Crippen molar-refractivity contribution in [2.24, 2.45) is 0 Å². The predicted molar refractivity (Wildman–Crippen MR) is 116 cm³/mol. The van der Waals surface area contributed by atoms with Crippen molar-refractivity contribution >= 4 is 20.2 Å². The summed E-state index contributed by atoms with van der Waals surface area (Å²) in [5.41, 5.74) is 0. The standard InChI is InChI=1S/C20H24O12S2/c21-33(22,23)15-1-3-17-19(13-15)31-11-7-28-8-12-32-20-14-16(34(24,25)26)2-4-18(20)30-10-6-27-5-9-29-17/h1-4,13-14H,5-12H2,(H,21,22,23)(H,24,25,26). The Hall–Kier alpha value is -2.62. The highest BCUT2D eigenvalue weighted by Gasteiger charge is 2.16. The van der Waals surface area contributed by atoms with Crippen LogP contribution in [0.25, 0.3) is 0 Å². The average molecular weight is 521 g/mol. The molecule has 3 rings (SSSR count). The first-order chi connectivity index (χ1) is 16.1. The van der Waals surface area contributed by atoms with Gasteiger partial charge in [-0.2, -0.15) is 16.8 Å². The van der Waals surface area contributed by atoms with Crippen LogP contribution in [0.5, 0.6) is 23.0 Å². The molecule has 1 aliphatic heterocycles. The summed E-state index contributed by atoms with van der Waals surface area (Å²) >= 11 is 0. The Labute approximate surface area is 196 Å². The Kier molecular flexibility index (Phi) is 8.93. The van der Waals surface area contributed by atoms with Gasteiger partial charge in [0, 0.05) is 12.1 Å². The van der Waals surface area contributed by atoms with E-state index in [9.17, 15) is 25.9 Å². The van der Waals surface area contributed by atoms with E-state index >= 15 is 0 Å². The molecule has 0 bridgehead atoms. The maximum absolute atomic E-state index is 11.4. The number of rotatable bonds is 2. The lowest BCUT2D eigenvalue weighted by atomic mass is 10.3. The first kappa shape index (κ1) is 26.0. The molecule has 0 unspecified atom stereocenters. The van der Waals surface area contributed by atoms with Crippen LogP contribution in [0.15, 0.2) is 46.2 Å². The van der Waals surface area contributed by atoms with Crippen LogP contribution in [0, 0.1) is 0 Å². The van der Waals surface area contributed by atoms with Crippen LogP contribution in [0.4, 0.5) is 0 Å². The third-order valence-corrected chi connectivity index (χ3v) is 6.07. The fourth-order valence-corrected chi connectivity index (χ4v) is 3.80. The molecule has 0 aliphatic carbocycles. The van der Waals surface area contributed by atoms with Crippen LogP contribution < -0.4 is 18.9 Å². The third-order valence-electron chi connectivity index (χ3n) is 4.37. The SMILES string of the molecule is O=S(=O)(O)c1ccc2c(c1)OCCOCCOc1cc(S(=O)(=O)O)ccc1OCCOCCO2. The van der Waals surface area contributed by atoms with E-state index in [1.165, 1.54) is 24.3 Å². The lowest BCUT2D eigenvalue weighted by Gasteiger charge is -2.16. The topological polar surface area (TPSA) is 164 Å². The van der Waals surface area contributed by atoms with Crippen LogP contribution in [0.2, 0.25) is 0 Å². The van der Waals surface area contributed by atoms with Gasteiger partial charge in [-0.25, -0.2) is 0 Å². The first-order valence-corrected chi connectivity index (χ1v) is 12.9. The Bertz CT molecular complexity index is 1090. The number of hydrogen-bond donors (Lipinski definition) is 2. The van der Waals surface area contributed by atoms with E-state index in [0.29, 0.717) is 0 Å². The number of fused-ring (bicyclic) bond motifs is 2. The van der Waals surface area contributed by atoms with Gasteiger partial charge in [0.15, 0.2) is 23.0 Å². The van der Waals surface area contributed by atoms with Gasteiger partial charge in [0.05, 0.1) is 36.2 Å². The van der Waals surface area contributed by atoms with Crippen molar-refractivity contribution in [3.8, 4) is 23.0 Å². The Morgan fingerprint density at radius 2 is 0.824 bits per heavy atom. The highest BCUT2D eigenvalue weighted by atomic mass is 32.2. The van der Waals surface area contributed by atoms with Gasteiger partial charge in [0.25, 0.3) is 20.2 Å². The van der Waals surface area contributed by atoms with Crippen molar-refractivity contribution in [3.63, 3.8) is 0 Å². The van der Waals surface area contributed by atoms with E-state index in [-0.39, 0.29) is 85.6 Å². The molecule has 1 aliphatic rings. The molecule has 0 aromatic heterocycles. The highest BCUT2D eigenvalue weighted by molar-refractivity contribution is 7.86. The lowest BCUT2D eigenvalue weighted by Crippen LogP contribution is -2.15. The van der Waals surface area contributed by atoms with E-state index in [0.717, 1.165) is 12.1 Å². The molecular weight excluding hydrogens is 496 g/mol. The van der Waals surface area contributed by atoms with Crippen molar-refractivity contribution in [1.82, 2.24) is 0 Å². The van der Waals surface area contributed by atoms with Gasteiger partial charge >= 0.3 is 0 Å². The Morgan fingerprint density at radius 3 is 1.15 bits per heavy atom. The molecule has 2 N–H and O–H groups in total.